The molecule has 0 spiro atoms. The SMILES string of the molecule is CC/C=C\C/C=C\C/C=C\C(/C=C\C/C=C\CCC/C=C\C(=O)OCC)OCC. The first kappa shape index (κ1) is 26.9. The van der Waals surface area contributed by atoms with E-state index in [1.165, 1.54) is 6.08 Å². The lowest BCUT2D eigenvalue weighted by Gasteiger charge is -2.07. The highest BCUT2D eigenvalue weighted by atomic mass is 16.5. The van der Waals surface area contributed by atoms with Gasteiger partial charge in [0.2, 0.25) is 0 Å². The van der Waals surface area contributed by atoms with Gasteiger partial charge in [-0.05, 0) is 58.8 Å². The van der Waals surface area contributed by atoms with Gasteiger partial charge in [0.05, 0.1) is 12.7 Å². The van der Waals surface area contributed by atoms with E-state index in [1.54, 1.807) is 0 Å². The molecule has 0 aliphatic carbocycles. The van der Waals surface area contributed by atoms with E-state index in [2.05, 4.69) is 67.7 Å². The number of carbonyl (C=O) groups is 1. The van der Waals surface area contributed by atoms with Gasteiger partial charge in [-0.15, -0.1) is 0 Å². The van der Waals surface area contributed by atoms with E-state index in [0.717, 1.165) is 44.9 Å². The van der Waals surface area contributed by atoms with Crippen molar-refractivity contribution in [3.63, 3.8) is 0 Å². The molecule has 0 aliphatic heterocycles. The Hall–Kier alpha value is -2.13. The standard InChI is InChI=1S/C26H40O3/c1-4-7-8-9-10-13-16-19-22-25(28-5-2)23-20-17-14-11-12-15-18-21-24-26(27)29-6-3/h7-8,10-11,13-14,19-25H,4-6,9,12,15-18H2,1-3H3/b8-7-,13-10-,14-11-,22-19-,23-20-,24-21-. The number of carbonyl (C=O) groups excluding carboxylic acids is 1. The predicted octanol–water partition coefficient (Wildman–Crippen LogP) is 7.04. The Kier molecular flexibility index (Phi) is 20.5. The van der Waals surface area contributed by atoms with Crippen LogP contribution in [0.5, 0.6) is 0 Å². The van der Waals surface area contributed by atoms with Crippen molar-refractivity contribution < 1.29 is 14.3 Å². The topological polar surface area (TPSA) is 35.5 Å². The normalized spacial score (nSPS) is 13.9. The van der Waals surface area contributed by atoms with Gasteiger partial charge in [0, 0.05) is 12.7 Å². The highest BCUT2D eigenvalue weighted by Gasteiger charge is 1.96. The maximum Gasteiger partial charge on any atom is 0.330 e. The number of esters is 1. The van der Waals surface area contributed by atoms with Gasteiger partial charge in [-0.3, -0.25) is 0 Å². The Bertz CT molecular complexity index is 550. The molecule has 0 aromatic heterocycles. The van der Waals surface area contributed by atoms with E-state index in [4.69, 9.17) is 9.47 Å². The maximum atomic E-state index is 11.1. The molecule has 0 saturated carbocycles. The second-order valence-corrected chi connectivity index (χ2v) is 6.39. The third kappa shape index (κ3) is 20.4. The molecule has 0 N–H and O–H groups in total. The summed E-state index contributed by atoms with van der Waals surface area (Å²) >= 11 is 0. The lowest BCUT2D eigenvalue weighted by molar-refractivity contribution is -0.137. The Morgan fingerprint density at radius 3 is 1.93 bits per heavy atom. The summed E-state index contributed by atoms with van der Waals surface area (Å²) in [5.74, 6) is -0.258. The Morgan fingerprint density at radius 1 is 0.724 bits per heavy atom. The van der Waals surface area contributed by atoms with Gasteiger partial charge in [-0.2, -0.15) is 0 Å². The zero-order chi connectivity index (χ0) is 21.4. The van der Waals surface area contributed by atoms with Crippen molar-refractivity contribution in [2.24, 2.45) is 0 Å². The minimum absolute atomic E-state index is 0.0369. The summed E-state index contributed by atoms with van der Waals surface area (Å²) < 4.78 is 10.6. The molecule has 1 atom stereocenters. The molecule has 1 unspecified atom stereocenters. The second-order valence-electron chi connectivity index (χ2n) is 6.39. The summed E-state index contributed by atoms with van der Waals surface area (Å²) in [4.78, 5) is 11.1. The average Bonchev–Trinajstić information content (AvgIpc) is 2.71. The number of rotatable bonds is 17. The monoisotopic (exact) mass is 400 g/mol. The lowest BCUT2D eigenvalue weighted by Crippen LogP contribution is -2.05. The third-order valence-electron chi connectivity index (χ3n) is 3.84. The molecular weight excluding hydrogens is 360 g/mol. The molecule has 0 bridgehead atoms. The van der Waals surface area contributed by atoms with E-state index in [1.807, 2.05) is 19.9 Å². The number of unbranched alkanes of at least 4 members (excludes halogenated alkanes) is 2. The largest absolute Gasteiger partial charge is 0.463 e. The van der Waals surface area contributed by atoms with Gasteiger partial charge in [0.25, 0.3) is 0 Å². The second kappa shape index (κ2) is 22.2. The first-order valence-electron chi connectivity index (χ1n) is 11.0. The van der Waals surface area contributed by atoms with E-state index >= 15 is 0 Å². The Morgan fingerprint density at radius 2 is 1.31 bits per heavy atom. The van der Waals surface area contributed by atoms with E-state index in [0.29, 0.717) is 13.2 Å². The van der Waals surface area contributed by atoms with Crippen LogP contribution in [-0.4, -0.2) is 25.3 Å². The quantitative estimate of drug-likeness (QED) is 0.114. The molecular formula is C26H40O3. The summed E-state index contributed by atoms with van der Waals surface area (Å²) in [7, 11) is 0. The molecule has 29 heavy (non-hydrogen) atoms. The number of allylic oxidation sites excluding steroid dienone is 9. The van der Waals surface area contributed by atoms with Crippen LogP contribution in [0.15, 0.2) is 72.9 Å². The van der Waals surface area contributed by atoms with E-state index < -0.39 is 0 Å². The Labute approximate surface area is 178 Å². The van der Waals surface area contributed by atoms with Gasteiger partial charge >= 0.3 is 5.97 Å². The van der Waals surface area contributed by atoms with Crippen LogP contribution in [0.1, 0.15) is 65.7 Å². The van der Waals surface area contributed by atoms with Crippen LogP contribution >= 0.6 is 0 Å². The summed E-state index contributed by atoms with van der Waals surface area (Å²) in [6, 6.07) is 0. The maximum absolute atomic E-state index is 11.1. The van der Waals surface area contributed by atoms with Crippen molar-refractivity contribution in [1.29, 1.82) is 0 Å². The third-order valence-corrected chi connectivity index (χ3v) is 3.84. The predicted molar refractivity (Wildman–Crippen MR) is 125 cm³/mol. The fraction of sp³-hybridized carbons (Fsp3) is 0.500. The van der Waals surface area contributed by atoms with Crippen LogP contribution in [0, 0.1) is 0 Å². The van der Waals surface area contributed by atoms with E-state index in [-0.39, 0.29) is 12.1 Å². The molecule has 0 radical (unpaired) electrons. The number of hydrogen-bond donors (Lipinski definition) is 0. The summed E-state index contributed by atoms with van der Waals surface area (Å²) in [6.07, 6.45) is 31.9. The molecule has 0 aromatic carbocycles. The molecule has 0 fully saturated rings. The lowest BCUT2D eigenvalue weighted by atomic mass is 10.2. The highest BCUT2D eigenvalue weighted by molar-refractivity contribution is 5.81. The van der Waals surface area contributed by atoms with Crippen LogP contribution in [0.4, 0.5) is 0 Å². The molecule has 162 valence electrons. The van der Waals surface area contributed by atoms with Gasteiger partial charge in [0.1, 0.15) is 0 Å². The Balaban J connectivity index is 3.99. The van der Waals surface area contributed by atoms with Crippen LogP contribution in [0.3, 0.4) is 0 Å². The van der Waals surface area contributed by atoms with Crippen molar-refractivity contribution in [3.05, 3.63) is 72.9 Å². The first-order valence-corrected chi connectivity index (χ1v) is 11.0. The van der Waals surface area contributed by atoms with E-state index in [9.17, 15) is 4.79 Å². The zero-order valence-electron chi connectivity index (χ0n) is 18.6. The summed E-state index contributed by atoms with van der Waals surface area (Å²) in [6.45, 7) is 7.10. The molecule has 0 heterocycles. The number of ether oxygens (including phenoxy) is 2. The van der Waals surface area contributed by atoms with Crippen LogP contribution in [0.25, 0.3) is 0 Å². The van der Waals surface area contributed by atoms with Crippen molar-refractivity contribution >= 4 is 5.97 Å². The van der Waals surface area contributed by atoms with Crippen molar-refractivity contribution in [1.82, 2.24) is 0 Å². The fourth-order valence-electron chi connectivity index (χ4n) is 2.42. The molecule has 3 heteroatoms. The minimum Gasteiger partial charge on any atom is -0.463 e. The first-order chi connectivity index (χ1) is 14.2. The minimum atomic E-state index is -0.258. The fourth-order valence-corrected chi connectivity index (χ4v) is 2.42. The summed E-state index contributed by atoms with van der Waals surface area (Å²) in [5.41, 5.74) is 0. The molecule has 0 aromatic rings. The van der Waals surface area contributed by atoms with Crippen molar-refractivity contribution in [2.75, 3.05) is 13.2 Å². The van der Waals surface area contributed by atoms with Crippen LogP contribution < -0.4 is 0 Å². The van der Waals surface area contributed by atoms with Gasteiger partial charge < -0.3 is 9.47 Å². The zero-order valence-corrected chi connectivity index (χ0v) is 18.6. The average molecular weight is 401 g/mol. The molecule has 0 rings (SSSR count). The number of hydrogen-bond acceptors (Lipinski definition) is 3. The van der Waals surface area contributed by atoms with Gasteiger partial charge in [0.15, 0.2) is 0 Å². The molecule has 0 aliphatic rings. The molecule has 3 nitrogen and oxygen atoms in total. The highest BCUT2D eigenvalue weighted by Crippen LogP contribution is 2.03. The van der Waals surface area contributed by atoms with Gasteiger partial charge in [-0.1, -0.05) is 73.8 Å². The molecule has 0 saturated heterocycles. The van der Waals surface area contributed by atoms with Crippen molar-refractivity contribution in [3.8, 4) is 0 Å². The smallest absolute Gasteiger partial charge is 0.330 e. The van der Waals surface area contributed by atoms with Crippen LogP contribution in [-0.2, 0) is 14.3 Å². The van der Waals surface area contributed by atoms with Crippen molar-refractivity contribution in [2.45, 2.75) is 71.8 Å². The summed E-state index contributed by atoms with van der Waals surface area (Å²) in [5, 5.41) is 0. The van der Waals surface area contributed by atoms with Gasteiger partial charge in [-0.25, -0.2) is 4.79 Å². The van der Waals surface area contributed by atoms with Crippen LogP contribution in [0.2, 0.25) is 0 Å². The molecule has 0 amide bonds.